The Balaban J connectivity index is 2.47. The summed E-state index contributed by atoms with van der Waals surface area (Å²) in [5.74, 6) is -0.581. The van der Waals surface area contributed by atoms with Gasteiger partial charge in [0.2, 0.25) is 0 Å². The first kappa shape index (κ1) is 11.0. The van der Waals surface area contributed by atoms with Crippen LogP contribution in [0.3, 0.4) is 0 Å². The molecule has 6 heteroatoms. The molecule has 0 aliphatic heterocycles. The minimum absolute atomic E-state index is 0.0325. The van der Waals surface area contributed by atoms with Crippen LogP contribution in [0.2, 0.25) is 0 Å². The van der Waals surface area contributed by atoms with Crippen LogP contribution in [0.1, 0.15) is 5.56 Å². The van der Waals surface area contributed by atoms with E-state index in [1.807, 2.05) is 6.92 Å². The molecular weight excluding hydrogens is 231 g/mol. The molecule has 1 aromatic carbocycles. The molecule has 0 radical (unpaired) electrons. The number of halogens is 1. The summed E-state index contributed by atoms with van der Waals surface area (Å²) in [7, 11) is 0. The number of aryl methyl sites for hydroxylation is 1. The molecule has 0 aliphatic rings. The molecule has 16 heavy (non-hydrogen) atoms. The van der Waals surface area contributed by atoms with Crippen molar-refractivity contribution in [2.45, 2.75) is 11.8 Å². The number of hydrogen-bond donors (Lipinski definition) is 1. The lowest BCUT2D eigenvalue weighted by Gasteiger charge is -2.03. The summed E-state index contributed by atoms with van der Waals surface area (Å²) in [6.45, 7) is 1.85. The Bertz CT molecular complexity index is 554. The Morgan fingerprint density at radius 2 is 2.25 bits per heavy atom. The van der Waals surface area contributed by atoms with Crippen molar-refractivity contribution >= 4 is 11.1 Å². The highest BCUT2D eigenvalue weighted by Crippen LogP contribution is 2.16. The van der Waals surface area contributed by atoms with Gasteiger partial charge in [0.1, 0.15) is 11.5 Å². The van der Waals surface area contributed by atoms with Crippen molar-refractivity contribution in [2.75, 3.05) is 0 Å². The third kappa shape index (κ3) is 2.02. The first-order valence-corrected chi connectivity index (χ1v) is 5.60. The van der Waals surface area contributed by atoms with Crippen LogP contribution >= 0.6 is 0 Å². The van der Waals surface area contributed by atoms with Gasteiger partial charge in [-0.1, -0.05) is 0 Å². The molecule has 2 rings (SSSR count). The van der Waals surface area contributed by atoms with Crippen molar-refractivity contribution in [3.63, 3.8) is 0 Å². The SMILES string of the molecule is Cc1cnn(-c2ccc(S(=O)O)cc2F)c1. The second-order valence-corrected chi connectivity index (χ2v) is 4.29. The van der Waals surface area contributed by atoms with Crippen LogP contribution < -0.4 is 0 Å². The average Bonchev–Trinajstić information content (AvgIpc) is 2.64. The number of aromatic nitrogens is 2. The smallest absolute Gasteiger partial charge is 0.186 e. The van der Waals surface area contributed by atoms with E-state index in [-0.39, 0.29) is 10.6 Å². The summed E-state index contributed by atoms with van der Waals surface area (Å²) in [6.07, 6.45) is 3.28. The van der Waals surface area contributed by atoms with Gasteiger partial charge >= 0.3 is 0 Å². The molecule has 0 spiro atoms. The van der Waals surface area contributed by atoms with E-state index in [4.69, 9.17) is 4.55 Å². The van der Waals surface area contributed by atoms with Gasteiger partial charge in [0.05, 0.1) is 11.1 Å². The van der Waals surface area contributed by atoms with Gasteiger partial charge in [-0.25, -0.2) is 13.3 Å². The topological polar surface area (TPSA) is 55.1 Å². The summed E-state index contributed by atoms with van der Waals surface area (Å²) in [5.41, 5.74) is 1.16. The van der Waals surface area contributed by atoms with Gasteiger partial charge in [0.25, 0.3) is 0 Å². The van der Waals surface area contributed by atoms with Gasteiger partial charge in [0, 0.05) is 6.20 Å². The third-order valence-electron chi connectivity index (χ3n) is 2.08. The lowest BCUT2D eigenvalue weighted by Crippen LogP contribution is -1.99. The van der Waals surface area contributed by atoms with E-state index in [0.29, 0.717) is 0 Å². The Morgan fingerprint density at radius 1 is 1.50 bits per heavy atom. The Hall–Kier alpha value is -1.53. The molecule has 1 aromatic heterocycles. The monoisotopic (exact) mass is 240 g/mol. The lowest BCUT2D eigenvalue weighted by molar-refractivity contribution is 0.560. The maximum atomic E-state index is 13.6. The number of rotatable bonds is 2. The van der Waals surface area contributed by atoms with E-state index in [2.05, 4.69) is 5.10 Å². The van der Waals surface area contributed by atoms with Crippen molar-refractivity contribution in [3.8, 4) is 5.69 Å². The number of nitrogens with zero attached hydrogens (tertiary/aromatic N) is 2. The van der Waals surface area contributed by atoms with Crippen molar-refractivity contribution < 1.29 is 13.2 Å². The van der Waals surface area contributed by atoms with Crippen LogP contribution in [0.5, 0.6) is 0 Å². The lowest BCUT2D eigenvalue weighted by atomic mass is 10.3. The minimum atomic E-state index is -2.17. The summed E-state index contributed by atoms with van der Waals surface area (Å²) in [5, 5.41) is 3.96. The maximum absolute atomic E-state index is 13.6. The molecule has 1 atom stereocenters. The molecule has 0 saturated heterocycles. The van der Waals surface area contributed by atoms with Crippen molar-refractivity contribution in [1.82, 2.24) is 9.78 Å². The second-order valence-electron chi connectivity index (χ2n) is 3.32. The first-order valence-electron chi connectivity index (χ1n) is 4.50. The van der Waals surface area contributed by atoms with Crippen LogP contribution in [-0.4, -0.2) is 18.5 Å². The van der Waals surface area contributed by atoms with Crippen molar-refractivity contribution in [1.29, 1.82) is 0 Å². The molecule has 0 amide bonds. The molecular formula is C10H9FN2O2S. The van der Waals surface area contributed by atoms with Crippen LogP contribution in [0.4, 0.5) is 4.39 Å². The largest absolute Gasteiger partial charge is 0.302 e. The maximum Gasteiger partial charge on any atom is 0.186 e. The van der Waals surface area contributed by atoms with Crippen LogP contribution in [-0.2, 0) is 11.1 Å². The predicted octanol–water partition coefficient (Wildman–Crippen LogP) is 1.90. The molecule has 0 aliphatic carbocycles. The van der Waals surface area contributed by atoms with E-state index < -0.39 is 16.9 Å². The molecule has 4 nitrogen and oxygen atoms in total. The van der Waals surface area contributed by atoms with E-state index >= 15 is 0 Å². The summed E-state index contributed by atoms with van der Waals surface area (Å²) in [4.78, 5) is 0.0325. The van der Waals surface area contributed by atoms with Crippen LogP contribution in [0.15, 0.2) is 35.5 Å². The minimum Gasteiger partial charge on any atom is -0.302 e. The van der Waals surface area contributed by atoms with Crippen molar-refractivity contribution in [3.05, 3.63) is 42.0 Å². The van der Waals surface area contributed by atoms with Gasteiger partial charge in [-0.2, -0.15) is 5.10 Å². The molecule has 0 bridgehead atoms. The summed E-state index contributed by atoms with van der Waals surface area (Å²) < 4.78 is 34.5. The van der Waals surface area contributed by atoms with E-state index in [1.54, 1.807) is 12.4 Å². The zero-order valence-electron chi connectivity index (χ0n) is 8.42. The van der Waals surface area contributed by atoms with Gasteiger partial charge in [0.15, 0.2) is 11.1 Å². The van der Waals surface area contributed by atoms with Gasteiger partial charge in [-0.15, -0.1) is 0 Å². The normalized spacial score (nSPS) is 12.7. The fourth-order valence-corrected chi connectivity index (χ4v) is 1.72. The van der Waals surface area contributed by atoms with Gasteiger partial charge in [-0.3, -0.25) is 0 Å². The quantitative estimate of drug-likeness (QED) is 0.816. The zero-order valence-corrected chi connectivity index (χ0v) is 9.24. The molecule has 0 saturated carbocycles. The zero-order chi connectivity index (χ0) is 11.7. The van der Waals surface area contributed by atoms with Crippen LogP contribution in [0, 0.1) is 12.7 Å². The highest BCUT2D eigenvalue weighted by molar-refractivity contribution is 7.79. The highest BCUT2D eigenvalue weighted by atomic mass is 32.2. The van der Waals surface area contributed by atoms with E-state index in [1.165, 1.54) is 16.8 Å². The summed E-state index contributed by atoms with van der Waals surface area (Å²) >= 11 is -2.17. The Kier molecular flexibility index (Phi) is 2.84. The standard InChI is InChI=1S/C10H9FN2O2S/c1-7-5-12-13(6-7)10-3-2-8(16(14)15)4-9(10)11/h2-6H,1H3,(H,14,15). The van der Waals surface area contributed by atoms with Gasteiger partial charge < -0.3 is 4.55 Å². The van der Waals surface area contributed by atoms with E-state index in [0.717, 1.165) is 11.6 Å². The highest BCUT2D eigenvalue weighted by Gasteiger charge is 2.09. The molecule has 0 fully saturated rings. The Labute approximate surface area is 94.0 Å². The Morgan fingerprint density at radius 3 is 2.75 bits per heavy atom. The predicted molar refractivity (Wildman–Crippen MR) is 57.3 cm³/mol. The molecule has 1 heterocycles. The summed E-state index contributed by atoms with van der Waals surface area (Å²) in [6, 6.07) is 3.85. The molecule has 84 valence electrons. The van der Waals surface area contributed by atoms with E-state index in [9.17, 15) is 8.60 Å². The number of hydrogen-bond acceptors (Lipinski definition) is 2. The van der Waals surface area contributed by atoms with Gasteiger partial charge in [-0.05, 0) is 30.7 Å². The average molecular weight is 240 g/mol. The fourth-order valence-electron chi connectivity index (χ4n) is 1.33. The molecule has 2 aromatic rings. The first-order chi connectivity index (χ1) is 7.58. The third-order valence-corrected chi connectivity index (χ3v) is 2.74. The fraction of sp³-hybridized carbons (Fsp3) is 0.100. The molecule has 1 unspecified atom stereocenters. The van der Waals surface area contributed by atoms with Crippen LogP contribution in [0.25, 0.3) is 5.69 Å². The van der Waals surface area contributed by atoms with Crippen molar-refractivity contribution in [2.24, 2.45) is 0 Å². The number of benzene rings is 1. The molecule has 1 N–H and O–H groups in total. The second kappa shape index (κ2) is 4.15.